The zero-order chi connectivity index (χ0) is 32.3. The van der Waals surface area contributed by atoms with E-state index in [1.54, 1.807) is 31.3 Å². The maximum Gasteiger partial charge on any atom is 0.346 e. The molecule has 0 saturated heterocycles. The van der Waals surface area contributed by atoms with Gasteiger partial charge in [0.15, 0.2) is 0 Å². The number of rotatable bonds is 9. The summed E-state index contributed by atoms with van der Waals surface area (Å²) in [5.74, 6) is -1.72. The predicted octanol–water partition coefficient (Wildman–Crippen LogP) is 5.52. The number of nitrogens with zero attached hydrogens (tertiary/aromatic N) is 1. The number of fused-ring (bicyclic) bond motifs is 2. The van der Waals surface area contributed by atoms with Gasteiger partial charge in [0.1, 0.15) is 10.6 Å². The lowest BCUT2D eigenvalue weighted by Crippen LogP contribution is -2.33. The van der Waals surface area contributed by atoms with Gasteiger partial charge in [0, 0.05) is 59.9 Å². The Labute approximate surface area is 267 Å². The first-order chi connectivity index (χ1) is 21.5. The van der Waals surface area contributed by atoms with Gasteiger partial charge in [0.2, 0.25) is 5.91 Å². The number of thiophene rings is 1. The fourth-order valence-corrected chi connectivity index (χ4v) is 8.69. The number of phenolic OH excluding ortho intramolecular Hbond substituents is 1. The van der Waals surface area contributed by atoms with Gasteiger partial charge in [-0.2, -0.15) is 10.0 Å². The Morgan fingerprint density at radius 1 is 0.978 bits per heavy atom. The topological polar surface area (TPSA) is 140 Å². The van der Waals surface area contributed by atoms with Crippen molar-refractivity contribution in [1.82, 2.24) is 10.6 Å². The fourth-order valence-electron chi connectivity index (χ4n) is 5.25. The van der Waals surface area contributed by atoms with Crippen LogP contribution in [0.4, 0.5) is 5.69 Å². The molecule has 232 valence electrons. The highest BCUT2D eigenvalue weighted by molar-refractivity contribution is 8.36. The Hall–Kier alpha value is -4.87. The molecule has 0 spiro atoms. The second-order valence-electron chi connectivity index (χ2n) is 10.7. The molecule has 5 rings (SSSR count). The molecule has 0 atom stereocenters. The third-order valence-corrected chi connectivity index (χ3v) is 11.6. The Balaban J connectivity index is 1.40. The zero-order valence-corrected chi connectivity index (χ0v) is 26.9. The number of aromatic carboxylic acids is 1. The molecule has 0 saturated carbocycles. The second kappa shape index (κ2) is 13.0. The summed E-state index contributed by atoms with van der Waals surface area (Å²) in [6, 6.07) is 14.2. The number of phenols is 1. The minimum absolute atomic E-state index is 0.0800. The number of carbonyl (C=O) groups is 3. The molecule has 45 heavy (non-hydrogen) atoms. The van der Waals surface area contributed by atoms with E-state index < -0.39 is 21.9 Å². The van der Waals surface area contributed by atoms with Gasteiger partial charge >= 0.3 is 5.97 Å². The summed E-state index contributed by atoms with van der Waals surface area (Å²) in [7, 11) is 2.13. The number of hydrogen-bond donors (Lipinski definition) is 5. The number of anilines is 1. The van der Waals surface area contributed by atoms with Gasteiger partial charge in [-0.15, -0.1) is 11.3 Å². The van der Waals surface area contributed by atoms with Crippen LogP contribution in [-0.4, -0.2) is 73.4 Å². The number of amides is 2. The number of carboxylic acids is 1. The van der Waals surface area contributed by atoms with Crippen LogP contribution >= 0.6 is 21.4 Å². The van der Waals surface area contributed by atoms with E-state index in [0.29, 0.717) is 5.56 Å². The van der Waals surface area contributed by atoms with E-state index in [1.807, 2.05) is 31.3 Å². The van der Waals surface area contributed by atoms with Crippen LogP contribution in [-0.2, 0) is 4.79 Å². The smallest absolute Gasteiger partial charge is 0.346 e. The molecule has 0 unspecified atom stereocenters. The van der Waals surface area contributed by atoms with E-state index in [1.165, 1.54) is 18.2 Å². The van der Waals surface area contributed by atoms with E-state index in [-0.39, 0.29) is 34.5 Å². The van der Waals surface area contributed by atoms with Gasteiger partial charge < -0.3 is 26.2 Å². The molecule has 1 aliphatic carbocycles. The molecule has 0 bridgehead atoms. The van der Waals surface area contributed by atoms with Crippen molar-refractivity contribution >= 4 is 62.2 Å². The number of hydrogen-bond acceptors (Lipinski definition) is 7. The van der Waals surface area contributed by atoms with Crippen LogP contribution in [0.3, 0.4) is 0 Å². The summed E-state index contributed by atoms with van der Waals surface area (Å²) < 4.78 is 0. The number of carbonyl (C=O) groups excluding carboxylic acids is 2. The summed E-state index contributed by atoms with van der Waals surface area (Å²) >= 11 is 0.932. The molecule has 0 radical (unpaired) electrons. The number of aromatic hydroxyl groups is 1. The van der Waals surface area contributed by atoms with E-state index >= 15 is 0 Å². The molecule has 2 amide bonds. The van der Waals surface area contributed by atoms with E-state index in [2.05, 4.69) is 45.6 Å². The highest BCUT2D eigenvalue weighted by Crippen LogP contribution is 2.66. The molecule has 11 heteroatoms. The van der Waals surface area contributed by atoms with Gasteiger partial charge in [-0.25, -0.2) is 4.79 Å². The van der Waals surface area contributed by atoms with E-state index in [9.17, 15) is 24.6 Å². The van der Waals surface area contributed by atoms with Crippen LogP contribution in [0.15, 0.2) is 93.2 Å². The van der Waals surface area contributed by atoms with Crippen molar-refractivity contribution < 1.29 is 24.6 Å². The third kappa shape index (κ3) is 6.50. The largest absolute Gasteiger partial charge is 0.508 e. The van der Waals surface area contributed by atoms with Crippen LogP contribution in [0.25, 0.3) is 11.6 Å². The Morgan fingerprint density at radius 3 is 2.40 bits per heavy atom. The summed E-state index contributed by atoms with van der Waals surface area (Å²) in [6.45, 7) is 0.340. The lowest BCUT2D eigenvalue weighted by atomic mass is 9.89. The molecular formula is C34H34N4O5S2. The van der Waals surface area contributed by atoms with E-state index in [4.69, 9.17) is 0 Å². The molecule has 5 N–H and O–H groups in total. The van der Waals surface area contributed by atoms with Crippen molar-refractivity contribution in [3.63, 3.8) is 0 Å². The molecule has 3 aromatic rings. The minimum atomic E-state index is -1.49. The highest BCUT2D eigenvalue weighted by Gasteiger charge is 2.37. The Kier molecular flexibility index (Phi) is 9.12. The summed E-state index contributed by atoms with van der Waals surface area (Å²) in [6.07, 6.45) is 13.5. The lowest BCUT2D eigenvalue weighted by Gasteiger charge is -2.43. The van der Waals surface area contributed by atoms with Gasteiger partial charge in [0.25, 0.3) is 5.91 Å². The first-order valence-electron chi connectivity index (χ1n) is 14.1. The van der Waals surface area contributed by atoms with Gasteiger partial charge in [-0.05, 0) is 77.8 Å². The summed E-state index contributed by atoms with van der Waals surface area (Å²) in [4.78, 5) is 44.9. The van der Waals surface area contributed by atoms with Crippen molar-refractivity contribution in [1.29, 1.82) is 0 Å². The number of benzene rings is 2. The second-order valence-corrected chi connectivity index (χ2v) is 15.3. The first kappa shape index (κ1) is 31.6. The molecule has 9 nitrogen and oxygen atoms in total. The Bertz CT molecular complexity index is 1850. The Morgan fingerprint density at radius 2 is 1.71 bits per heavy atom. The normalized spacial score (nSPS) is 16.5. The first-order valence-corrected chi connectivity index (χ1v) is 17.4. The molecular weight excluding hydrogens is 609 g/mol. The quantitative estimate of drug-likeness (QED) is 0.154. The fraction of sp³-hybridized carbons (Fsp3) is 0.176. The maximum absolute atomic E-state index is 13.2. The van der Waals surface area contributed by atoms with Gasteiger partial charge in [-0.3, -0.25) is 14.6 Å². The maximum atomic E-state index is 13.2. The monoisotopic (exact) mass is 642 g/mol. The van der Waals surface area contributed by atoms with Crippen LogP contribution in [0.2, 0.25) is 0 Å². The molecule has 2 aromatic carbocycles. The number of carboxylic acid groups (broad SMARTS) is 1. The molecule has 1 aromatic heterocycles. The standard InChI is InChI=1S/C34H34N4O5S2/c1-35-21-8-12-24-28(17-21)45(3,4)29-18-22(36-2)9-13-25(29)31(24)26-19-27(44-32(26)34(42)43)33(41)38-16-15-37-30(40)14-7-20-5-10-23(39)11-6-20/h5-14,17-19,35,39H,15-16H2,1-4H3,(H,37,40)(H,38,41)(H,42,43)/b14-7+,36-22?. The minimum Gasteiger partial charge on any atom is -0.508 e. The SMILES string of the molecule is CN=C1C=CC2=C(c3cc(C(=O)NCCNC(=O)/C=C/c4ccc(O)cc4)sc3C(=O)O)c3ccc(NC)cc3S(C)(C)C2=C1. The highest BCUT2D eigenvalue weighted by atomic mass is 32.3. The molecule has 0 fully saturated rings. The average Bonchev–Trinajstić information content (AvgIpc) is 3.48. The molecule has 2 heterocycles. The lowest BCUT2D eigenvalue weighted by molar-refractivity contribution is -0.116. The number of nitrogens with one attached hydrogen (secondary N) is 3. The summed E-state index contributed by atoms with van der Waals surface area (Å²) in [5, 5.41) is 28.3. The summed E-state index contributed by atoms with van der Waals surface area (Å²) in [5.41, 5.74) is 5.70. The van der Waals surface area contributed by atoms with Crippen LogP contribution in [0.5, 0.6) is 5.75 Å². The van der Waals surface area contributed by atoms with Crippen molar-refractivity contribution in [3.8, 4) is 5.75 Å². The van der Waals surface area contributed by atoms with Crippen LogP contribution < -0.4 is 16.0 Å². The van der Waals surface area contributed by atoms with Gasteiger partial charge in [-0.1, -0.05) is 24.3 Å². The van der Waals surface area contributed by atoms with Crippen molar-refractivity contribution in [2.75, 3.05) is 45.0 Å². The van der Waals surface area contributed by atoms with Crippen molar-refractivity contribution in [2.45, 2.75) is 4.90 Å². The van der Waals surface area contributed by atoms with Crippen LogP contribution in [0, 0.1) is 0 Å². The third-order valence-electron chi connectivity index (χ3n) is 7.58. The van der Waals surface area contributed by atoms with Crippen molar-refractivity contribution in [3.05, 3.63) is 110 Å². The average molecular weight is 643 g/mol. The number of aliphatic imine (C=N–C) groups is 1. The zero-order valence-electron chi connectivity index (χ0n) is 25.3. The number of allylic oxidation sites excluding steroid dienone is 4. The predicted molar refractivity (Wildman–Crippen MR) is 184 cm³/mol. The molecule has 1 aliphatic heterocycles. The molecule has 2 aliphatic rings. The van der Waals surface area contributed by atoms with Crippen molar-refractivity contribution in [2.24, 2.45) is 4.99 Å². The van der Waals surface area contributed by atoms with Crippen LogP contribution in [0.1, 0.15) is 36.0 Å². The van der Waals surface area contributed by atoms with Gasteiger partial charge in [0.05, 0.1) is 10.6 Å². The van der Waals surface area contributed by atoms with E-state index in [0.717, 1.165) is 54.8 Å².